The third-order valence-corrected chi connectivity index (χ3v) is 5.15. The Hall–Kier alpha value is -1.67. The molecule has 1 aromatic carbocycles. The lowest BCUT2D eigenvalue weighted by Crippen LogP contribution is -2.41. The molecule has 2 unspecified atom stereocenters. The van der Waals surface area contributed by atoms with Gasteiger partial charge in [0.15, 0.2) is 5.96 Å². The summed E-state index contributed by atoms with van der Waals surface area (Å²) in [5.74, 6) is 1.23. The third-order valence-electron chi connectivity index (χ3n) is 5.15. The Labute approximate surface area is 185 Å². The molecular weight excluding hydrogens is 463 g/mol. The Morgan fingerprint density at radius 3 is 2.68 bits per heavy atom. The predicted molar refractivity (Wildman–Crippen MR) is 125 cm³/mol. The van der Waals surface area contributed by atoms with Gasteiger partial charge in [0.2, 0.25) is 0 Å². The fraction of sp³-hybridized carbons (Fsp3) is 0.455. The van der Waals surface area contributed by atoms with E-state index in [1.807, 2.05) is 12.3 Å². The summed E-state index contributed by atoms with van der Waals surface area (Å²) in [6.07, 6.45) is 4.23. The molecule has 1 saturated heterocycles. The van der Waals surface area contributed by atoms with Crippen LogP contribution in [0.3, 0.4) is 0 Å². The van der Waals surface area contributed by atoms with E-state index in [0.29, 0.717) is 12.5 Å². The maximum absolute atomic E-state index is 6.12. The quantitative estimate of drug-likeness (QED) is 0.373. The van der Waals surface area contributed by atoms with Crippen molar-refractivity contribution in [2.24, 2.45) is 10.9 Å². The van der Waals surface area contributed by atoms with Gasteiger partial charge in [-0.3, -0.25) is 9.98 Å². The number of pyridine rings is 1. The first-order chi connectivity index (χ1) is 13.2. The molecular formula is C22H31IN4O. The molecule has 2 N–H and O–H groups in total. The standard InChI is InChI=1S/C22H30N4O.HI/c1-16-8-10-18(11-9-16)21-19(7-5-13-27-21)14-25-22(23-3)26-15-20-17(2)6-4-12-24-20;/h4,6,8-12,19,21H,5,7,13-15H2,1-3H3,(H2,23,25,26);1H. The lowest BCUT2D eigenvalue weighted by molar-refractivity contribution is -0.0265. The zero-order valence-corrected chi connectivity index (χ0v) is 19.3. The monoisotopic (exact) mass is 494 g/mol. The molecule has 1 aliphatic heterocycles. The molecule has 0 aliphatic carbocycles. The Morgan fingerprint density at radius 1 is 1.18 bits per heavy atom. The molecule has 0 saturated carbocycles. The van der Waals surface area contributed by atoms with E-state index < -0.39 is 0 Å². The number of aryl methyl sites for hydroxylation is 2. The molecule has 1 aromatic heterocycles. The molecule has 5 nitrogen and oxygen atoms in total. The second-order valence-corrected chi connectivity index (χ2v) is 7.18. The van der Waals surface area contributed by atoms with E-state index in [9.17, 15) is 0 Å². The van der Waals surface area contributed by atoms with Gasteiger partial charge in [-0.15, -0.1) is 24.0 Å². The number of benzene rings is 1. The van der Waals surface area contributed by atoms with Crippen molar-refractivity contribution in [3.8, 4) is 0 Å². The van der Waals surface area contributed by atoms with Gasteiger partial charge < -0.3 is 15.4 Å². The van der Waals surface area contributed by atoms with E-state index in [1.165, 1.54) is 16.7 Å². The van der Waals surface area contributed by atoms with Crippen LogP contribution in [0.4, 0.5) is 0 Å². The molecule has 6 heteroatoms. The lowest BCUT2D eigenvalue weighted by Gasteiger charge is -2.32. The molecule has 2 atom stereocenters. The van der Waals surface area contributed by atoms with Crippen molar-refractivity contribution in [1.29, 1.82) is 0 Å². The van der Waals surface area contributed by atoms with E-state index in [1.54, 1.807) is 7.05 Å². The van der Waals surface area contributed by atoms with Crippen LogP contribution in [-0.4, -0.2) is 31.1 Å². The second kappa shape index (κ2) is 11.4. The first-order valence-corrected chi connectivity index (χ1v) is 9.70. The summed E-state index contributed by atoms with van der Waals surface area (Å²) in [4.78, 5) is 8.78. The molecule has 1 aliphatic rings. The molecule has 1 fully saturated rings. The molecule has 0 radical (unpaired) electrons. The highest BCUT2D eigenvalue weighted by molar-refractivity contribution is 14.0. The number of aliphatic imine (C=N–C) groups is 1. The second-order valence-electron chi connectivity index (χ2n) is 7.18. The molecule has 0 bridgehead atoms. The van der Waals surface area contributed by atoms with Crippen molar-refractivity contribution < 1.29 is 4.74 Å². The molecule has 0 spiro atoms. The highest BCUT2D eigenvalue weighted by Crippen LogP contribution is 2.33. The first kappa shape index (κ1) is 22.6. The minimum Gasteiger partial charge on any atom is -0.373 e. The fourth-order valence-corrected chi connectivity index (χ4v) is 3.50. The largest absolute Gasteiger partial charge is 0.373 e. The highest BCUT2D eigenvalue weighted by Gasteiger charge is 2.27. The van der Waals surface area contributed by atoms with Crippen LogP contribution in [-0.2, 0) is 11.3 Å². The molecule has 152 valence electrons. The maximum atomic E-state index is 6.12. The summed E-state index contributed by atoms with van der Waals surface area (Å²) in [7, 11) is 1.80. The van der Waals surface area contributed by atoms with Gasteiger partial charge in [0.25, 0.3) is 0 Å². The van der Waals surface area contributed by atoms with Crippen molar-refractivity contribution in [2.45, 2.75) is 39.3 Å². The van der Waals surface area contributed by atoms with Gasteiger partial charge in [-0.1, -0.05) is 35.9 Å². The van der Waals surface area contributed by atoms with Gasteiger partial charge in [-0.2, -0.15) is 0 Å². The summed E-state index contributed by atoms with van der Waals surface area (Å²) in [6.45, 7) is 6.52. The predicted octanol–water partition coefficient (Wildman–Crippen LogP) is 4.15. The SMILES string of the molecule is CN=C(NCc1ncccc1C)NCC1CCCOC1c1ccc(C)cc1.I. The topological polar surface area (TPSA) is 58.5 Å². The van der Waals surface area contributed by atoms with Crippen LogP contribution in [0.15, 0.2) is 47.6 Å². The summed E-state index contributed by atoms with van der Waals surface area (Å²) < 4.78 is 6.12. The van der Waals surface area contributed by atoms with Crippen LogP contribution >= 0.6 is 24.0 Å². The summed E-state index contributed by atoms with van der Waals surface area (Å²) in [6, 6.07) is 12.7. The van der Waals surface area contributed by atoms with E-state index in [2.05, 4.69) is 64.8 Å². The maximum Gasteiger partial charge on any atom is 0.191 e. The number of nitrogens with zero attached hydrogens (tertiary/aromatic N) is 2. The van der Waals surface area contributed by atoms with Crippen molar-refractivity contribution >= 4 is 29.9 Å². The number of rotatable bonds is 5. The average molecular weight is 494 g/mol. The number of ether oxygens (including phenoxy) is 1. The highest BCUT2D eigenvalue weighted by atomic mass is 127. The van der Waals surface area contributed by atoms with Gasteiger partial charge >= 0.3 is 0 Å². The number of aromatic nitrogens is 1. The minimum absolute atomic E-state index is 0. The number of halogens is 1. The van der Waals surface area contributed by atoms with Crippen LogP contribution in [0.1, 0.15) is 41.3 Å². The van der Waals surface area contributed by atoms with Crippen LogP contribution in [0.2, 0.25) is 0 Å². The van der Waals surface area contributed by atoms with Crippen LogP contribution in [0.25, 0.3) is 0 Å². The zero-order valence-electron chi connectivity index (χ0n) is 16.9. The normalized spacial score (nSPS) is 19.6. The van der Waals surface area contributed by atoms with Gasteiger partial charge in [-0.25, -0.2) is 0 Å². The van der Waals surface area contributed by atoms with Gasteiger partial charge in [0.05, 0.1) is 18.3 Å². The Kier molecular flexibility index (Phi) is 9.18. The lowest BCUT2D eigenvalue weighted by atomic mass is 9.89. The van der Waals surface area contributed by atoms with Crippen molar-refractivity contribution in [2.75, 3.05) is 20.2 Å². The van der Waals surface area contributed by atoms with E-state index >= 15 is 0 Å². The van der Waals surface area contributed by atoms with Gasteiger partial charge in [0, 0.05) is 32.3 Å². The van der Waals surface area contributed by atoms with E-state index in [0.717, 1.165) is 37.6 Å². The molecule has 2 aromatic rings. The van der Waals surface area contributed by atoms with Gasteiger partial charge in [0.1, 0.15) is 0 Å². The smallest absolute Gasteiger partial charge is 0.191 e. The van der Waals surface area contributed by atoms with E-state index in [-0.39, 0.29) is 30.1 Å². The van der Waals surface area contributed by atoms with Crippen LogP contribution < -0.4 is 10.6 Å². The van der Waals surface area contributed by atoms with Crippen molar-refractivity contribution in [1.82, 2.24) is 15.6 Å². The Morgan fingerprint density at radius 2 is 1.96 bits per heavy atom. The third kappa shape index (κ3) is 6.17. The molecule has 28 heavy (non-hydrogen) atoms. The number of hydrogen-bond donors (Lipinski definition) is 2. The van der Waals surface area contributed by atoms with Crippen molar-refractivity contribution in [3.63, 3.8) is 0 Å². The Balaban J connectivity index is 0.00000280. The zero-order chi connectivity index (χ0) is 19.1. The van der Waals surface area contributed by atoms with Crippen LogP contribution in [0, 0.1) is 19.8 Å². The number of nitrogens with one attached hydrogen (secondary N) is 2. The van der Waals surface area contributed by atoms with Gasteiger partial charge in [-0.05, 0) is 43.9 Å². The molecule has 3 rings (SSSR count). The molecule has 2 heterocycles. The van der Waals surface area contributed by atoms with Crippen molar-refractivity contribution in [3.05, 3.63) is 65.0 Å². The minimum atomic E-state index is 0. The first-order valence-electron chi connectivity index (χ1n) is 9.70. The Bertz CT molecular complexity index is 763. The molecule has 0 amide bonds. The average Bonchev–Trinajstić information content (AvgIpc) is 2.70. The summed E-state index contributed by atoms with van der Waals surface area (Å²) >= 11 is 0. The number of guanidine groups is 1. The summed E-state index contributed by atoms with van der Waals surface area (Å²) in [5, 5.41) is 6.83. The number of hydrogen-bond acceptors (Lipinski definition) is 3. The van der Waals surface area contributed by atoms with Crippen LogP contribution in [0.5, 0.6) is 0 Å². The fourth-order valence-electron chi connectivity index (χ4n) is 3.50. The summed E-state index contributed by atoms with van der Waals surface area (Å²) in [5.41, 5.74) is 4.76. The van der Waals surface area contributed by atoms with E-state index in [4.69, 9.17) is 4.74 Å².